The maximum atomic E-state index is 6.85. The van der Waals surface area contributed by atoms with Crippen molar-refractivity contribution in [3.05, 3.63) is 46.5 Å². The van der Waals surface area contributed by atoms with Crippen LogP contribution < -0.4 is 18.9 Å². The van der Waals surface area contributed by atoms with Gasteiger partial charge in [0, 0.05) is 23.0 Å². The van der Waals surface area contributed by atoms with Gasteiger partial charge in [-0.3, -0.25) is 0 Å². The number of fused-ring (bicyclic) bond motifs is 6. The van der Waals surface area contributed by atoms with Crippen molar-refractivity contribution >= 4 is 0 Å². The van der Waals surface area contributed by atoms with Crippen LogP contribution in [0.4, 0.5) is 0 Å². The molecule has 2 aromatic rings. The van der Waals surface area contributed by atoms with Gasteiger partial charge in [0.2, 0.25) is 0 Å². The maximum Gasteiger partial charge on any atom is 0.127 e. The van der Waals surface area contributed by atoms with Crippen molar-refractivity contribution in [2.75, 3.05) is 13.2 Å². The molecule has 2 fully saturated rings. The van der Waals surface area contributed by atoms with Gasteiger partial charge in [0.1, 0.15) is 47.4 Å². The summed E-state index contributed by atoms with van der Waals surface area (Å²) >= 11 is 0. The Kier molecular flexibility index (Phi) is 11.0. The van der Waals surface area contributed by atoms with Gasteiger partial charge in [0.05, 0.1) is 0 Å². The Labute approximate surface area is 293 Å². The topological polar surface area (TPSA) is 36.9 Å². The molecule has 4 heteroatoms. The fourth-order valence-electron chi connectivity index (χ4n) is 9.98. The number of benzene rings is 2. The minimum atomic E-state index is -0.160. The molecule has 0 radical (unpaired) electrons. The number of rotatable bonds is 13. The number of hydrogen-bond donors (Lipinski definition) is 0. The van der Waals surface area contributed by atoms with Crippen LogP contribution in [0.2, 0.25) is 0 Å². The third-order valence-electron chi connectivity index (χ3n) is 12.6. The predicted octanol–water partition coefficient (Wildman–Crippen LogP) is 12.0. The van der Waals surface area contributed by atoms with Gasteiger partial charge in [-0.1, -0.05) is 66.2 Å². The standard InChI is InChI=1S/C44H66O4/c1-9-11-13-15-31-25-37(41-33-23-29(3)17-19-35(33)43(5,6)47-39(41)27-31)45-21-22-46-38-26-32(16-14-12-10-2)28-40-42(38)34-24-30(4)18-20-36(34)44(7,8)48-40/h25-30,33-36H,9-24H2,1-8H3/t29-,30-,33-,34-,35-,36-/m1/s1. The Hall–Kier alpha value is -2.36. The van der Waals surface area contributed by atoms with Gasteiger partial charge in [-0.15, -0.1) is 0 Å². The molecule has 0 aromatic heterocycles. The number of ether oxygens (including phenoxy) is 4. The lowest BCUT2D eigenvalue weighted by Gasteiger charge is -2.49. The van der Waals surface area contributed by atoms with E-state index in [-0.39, 0.29) is 11.2 Å². The molecule has 2 heterocycles. The second-order valence-electron chi connectivity index (χ2n) is 17.3. The Morgan fingerprint density at radius 2 is 1.02 bits per heavy atom. The first kappa shape index (κ1) is 35.5. The third kappa shape index (κ3) is 7.53. The molecule has 0 unspecified atom stereocenters. The fourth-order valence-corrected chi connectivity index (χ4v) is 9.98. The van der Waals surface area contributed by atoms with Gasteiger partial charge >= 0.3 is 0 Å². The SMILES string of the molecule is CCCCCc1cc(OCCOc2cc(CCCCC)cc3c2[C@@H]2C[C@H](C)CC[C@H]2C(C)(C)O3)c2c(c1)OC(C)(C)[C@@H]1CC[C@@H](C)C[C@@H]21. The average molecular weight is 659 g/mol. The van der Waals surface area contributed by atoms with Crippen molar-refractivity contribution in [2.45, 2.75) is 168 Å². The lowest BCUT2D eigenvalue weighted by Crippen LogP contribution is -2.47. The molecule has 6 rings (SSSR count). The first-order valence-corrected chi connectivity index (χ1v) is 20.0. The summed E-state index contributed by atoms with van der Waals surface area (Å²) in [5, 5.41) is 0. The van der Waals surface area contributed by atoms with Crippen molar-refractivity contribution in [3.8, 4) is 23.0 Å². The molecule has 48 heavy (non-hydrogen) atoms. The van der Waals surface area contributed by atoms with Crippen LogP contribution in [-0.2, 0) is 12.8 Å². The Morgan fingerprint density at radius 1 is 0.604 bits per heavy atom. The van der Waals surface area contributed by atoms with Crippen molar-refractivity contribution in [3.63, 3.8) is 0 Å². The molecule has 0 spiro atoms. The van der Waals surface area contributed by atoms with Gasteiger partial charge in [0.25, 0.3) is 0 Å². The zero-order valence-electron chi connectivity index (χ0n) is 31.7. The Morgan fingerprint density at radius 3 is 1.42 bits per heavy atom. The number of unbranched alkanes of at least 4 members (excludes halogenated alkanes) is 4. The zero-order valence-corrected chi connectivity index (χ0v) is 31.7. The van der Waals surface area contributed by atoms with E-state index in [1.165, 1.54) is 99.3 Å². The average Bonchev–Trinajstić information content (AvgIpc) is 3.02. The van der Waals surface area contributed by atoms with Crippen LogP contribution in [0.5, 0.6) is 23.0 Å². The van der Waals surface area contributed by atoms with Crippen molar-refractivity contribution in [1.82, 2.24) is 0 Å². The fraction of sp³-hybridized carbons (Fsp3) is 0.727. The largest absolute Gasteiger partial charge is 0.490 e. The minimum Gasteiger partial charge on any atom is -0.490 e. The third-order valence-corrected chi connectivity index (χ3v) is 12.6. The van der Waals surface area contributed by atoms with E-state index in [9.17, 15) is 0 Å². The smallest absolute Gasteiger partial charge is 0.127 e. The van der Waals surface area contributed by atoms with Gasteiger partial charge in [-0.05, 0) is 138 Å². The molecule has 2 aliphatic carbocycles. The van der Waals surface area contributed by atoms with Gasteiger partial charge in [-0.2, -0.15) is 0 Å². The quantitative estimate of drug-likeness (QED) is 0.201. The van der Waals surface area contributed by atoms with E-state index in [1.807, 2.05) is 0 Å². The van der Waals surface area contributed by atoms with Crippen LogP contribution in [-0.4, -0.2) is 24.4 Å². The van der Waals surface area contributed by atoms with Crippen LogP contribution in [0, 0.1) is 23.7 Å². The monoisotopic (exact) mass is 658 g/mol. The molecule has 2 aromatic carbocycles. The number of hydrogen-bond acceptors (Lipinski definition) is 4. The van der Waals surface area contributed by atoms with Crippen LogP contribution in [0.25, 0.3) is 0 Å². The first-order valence-electron chi connectivity index (χ1n) is 20.0. The Balaban J connectivity index is 1.26. The van der Waals surface area contributed by atoms with Crippen molar-refractivity contribution in [2.24, 2.45) is 23.7 Å². The van der Waals surface area contributed by atoms with Crippen LogP contribution in [0.1, 0.15) is 167 Å². The molecule has 0 saturated heterocycles. The van der Waals surface area contributed by atoms with Crippen LogP contribution in [0.3, 0.4) is 0 Å². The van der Waals surface area contributed by atoms with Gasteiger partial charge in [-0.25, -0.2) is 0 Å². The van der Waals surface area contributed by atoms with Crippen LogP contribution >= 0.6 is 0 Å². The molecule has 4 aliphatic rings. The molecule has 0 amide bonds. The van der Waals surface area contributed by atoms with Crippen molar-refractivity contribution in [1.29, 1.82) is 0 Å². The highest BCUT2D eigenvalue weighted by Gasteiger charge is 2.48. The number of aryl methyl sites for hydroxylation is 2. The molecule has 2 saturated carbocycles. The van der Waals surface area contributed by atoms with E-state index in [4.69, 9.17) is 18.9 Å². The molecule has 0 N–H and O–H groups in total. The summed E-state index contributed by atoms with van der Waals surface area (Å²) in [6.45, 7) is 19.7. The minimum absolute atomic E-state index is 0.160. The van der Waals surface area contributed by atoms with Crippen molar-refractivity contribution < 1.29 is 18.9 Å². The van der Waals surface area contributed by atoms with E-state index in [0.717, 1.165) is 47.7 Å². The molecule has 2 aliphatic heterocycles. The Bertz CT molecular complexity index is 1290. The maximum absolute atomic E-state index is 6.85. The molecular formula is C44H66O4. The van der Waals surface area contributed by atoms with Gasteiger partial charge in [0.15, 0.2) is 0 Å². The highest BCUT2D eigenvalue weighted by molar-refractivity contribution is 5.54. The van der Waals surface area contributed by atoms with E-state index < -0.39 is 0 Å². The molecular weight excluding hydrogens is 592 g/mol. The second kappa shape index (κ2) is 14.9. The molecule has 0 bridgehead atoms. The summed E-state index contributed by atoms with van der Waals surface area (Å²) in [5.41, 5.74) is 4.98. The predicted molar refractivity (Wildman–Crippen MR) is 198 cm³/mol. The zero-order chi connectivity index (χ0) is 34.1. The summed E-state index contributed by atoms with van der Waals surface area (Å²) in [7, 11) is 0. The van der Waals surface area contributed by atoms with E-state index in [2.05, 4.69) is 79.7 Å². The van der Waals surface area contributed by atoms with E-state index in [1.54, 1.807) is 0 Å². The summed E-state index contributed by atoms with van der Waals surface area (Å²) in [4.78, 5) is 0. The molecule has 6 atom stereocenters. The van der Waals surface area contributed by atoms with Gasteiger partial charge < -0.3 is 18.9 Å². The summed E-state index contributed by atoms with van der Waals surface area (Å²) in [6, 6.07) is 9.36. The van der Waals surface area contributed by atoms with E-state index in [0.29, 0.717) is 36.9 Å². The summed E-state index contributed by atoms with van der Waals surface area (Å²) in [5.74, 6) is 7.62. The summed E-state index contributed by atoms with van der Waals surface area (Å²) < 4.78 is 27.3. The molecule has 266 valence electrons. The lowest BCUT2D eigenvalue weighted by molar-refractivity contribution is -0.0157. The van der Waals surface area contributed by atoms with Crippen LogP contribution in [0.15, 0.2) is 24.3 Å². The van der Waals surface area contributed by atoms with E-state index >= 15 is 0 Å². The lowest BCUT2D eigenvalue weighted by atomic mass is 9.64. The first-order chi connectivity index (χ1) is 23.0. The highest BCUT2D eigenvalue weighted by Crippen LogP contribution is 2.57. The second-order valence-corrected chi connectivity index (χ2v) is 17.3. The summed E-state index contributed by atoms with van der Waals surface area (Å²) in [6.07, 6.45) is 16.9. The normalized spacial score (nSPS) is 28.2. The highest BCUT2D eigenvalue weighted by atomic mass is 16.5. The molecule has 4 nitrogen and oxygen atoms in total.